The maximum atomic E-state index is 12.0. The van der Waals surface area contributed by atoms with Crippen LogP contribution in [-0.2, 0) is 0 Å². The van der Waals surface area contributed by atoms with Gasteiger partial charge < -0.3 is 15.7 Å². The summed E-state index contributed by atoms with van der Waals surface area (Å²) < 4.78 is 0. The Hall–Kier alpha value is -2.04. The summed E-state index contributed by atoms with van der Waals surface area (Å²) >= 11 is 0. The van der Waals surface area contributed by atoms with Crippen LogP contribution in [0.25, 0.3) is 0 Å². The first kappa shape index (κ1) is 15.4. The van der Waals surface area contributed by atoms with Gasteiger partial charge in [-0.05, 0) is 48.9 Å². The predicted molar refractivity (Wildman–Crippen MR) is 81.6 cm³/mol. The highest BCUT2D eigenvalue weighted by Crippen LogP contribution is 2.35. The molecule has 2 amide bonds. The lowest BCUT2D eigenvalue weighted by Gasteiger charge is -2.35. The largest absolute Gasteiger partial charge is 0.478 e. The fourth-order valence-electron chi connectivity index (χ4n) is 2.87. The van der Waals surface area contributed by atoms with Gasteiger partial charge in [-0.2, -0.15) is 0 Å². The van der Waals surface area contributed by atoms with Crippen molar-refractivity contribution in [3.05, 3.63) is 29.8 Å². The van der Waals surface area contributed by atoms with Crippen LogP contribution in [0.2, 0.25) is 0 Å². The molecular weight excluding hydrogens is 268 g/mol. The normalized spacial score (nSPS) is 20.6. The third kappa shape index (κ3) is 4.48. The number of carbonyl (C=O) groups is 2. The molecule has 0 radical (unpaired) electrons. The molecule has 21 heavy (non-hydrogen) atoms. The van der Waals surface area contributed by atoms with E-state index in [9.17, 15) is 9.59 Å². The summed E-state index contributed by atoms with van der Waals surface area (Å²) in [4.78, 5) is 22.7. The van der Waals surface area contributed by atoms with Gasteiger partial charge in [0.1, 0.15) is 0 Å². The molecule has 5 nitrogen and oxygen atoms in total. The third-order valence-electron chi connectivity index (χ3n) is 3.93. The molecule has 0 bridgehead atoms. The van der Waals surface area contributed by atoms with E-state index < -0.39 is 5.97 Å². The van der Waals surface area contributed by atoms with Crippen LogP contribution in [0.1, 0.15) is 49.9 Å². The van der Waals surface area contributed by atoms with Crippen LogP contribution in [0.15, 0.2) is 24.3 Å². The fourth-order valence-corrected chi connectivity index (χ4v) is 2.87. The standard InChI is InChI=1S/C16H22N2O3/c1-16(2)9-3-4-13(10-16)18-15(21)17-12-7-5-11(6-8-12)14(19)20/h5-8,13H,3-4,9-10H2,1-2H3,(H,19,20)(H2,17,18,21). The van der Waals surface area contributed by atoms with Crippen LogP contribution in [0.5, 0.6) is 0 Å². The van der Waals surface area contributed by atoms with E-state index in [0.29, 0.717) is 5.69 Å². The van der Waals surface area contributed by atoms with Gasteiger partial charge in [0.15, 0.2) is 0 Å². The molecule has 1 fully saturated rings. The Balaban J connectivity index is 1.88. The van der Waals surface area contributed by atoms with E-state index in [1.54, 1.807) is 12.1 Å². The predicted octanol–water partition coefficient (Wildman–Crippen LogP) is 3.48. The molecule has 0 aliphatic heterocycles. The Morgan fingerprint density at radius 1 is 1.24 bits per heavy atom. The van der Waals surface area contributed by atoms with E-state index in [-0.39, 0.29) is 23.1 Å². The molecule has 3 N–H and O–H groups in total. The number of carboxylic acid groups (broad SMARTS) is 1. The number of carboxylic acids is 1. The molecule has 1 aliphatic rings. The molecule has 5 heteroatoms. The second-order valence-corrected chi connectivity index (χ2v) is 6.44. The van der Waals surface area contributed by atoms with Gasteiger partial charge in [-0.1, -0.05) is 20.3 Å². The summed E-state index contributed by atoms with van der Waals surface area (Å²) in [6, 6.07) is 6.10. The number of hydrogen-bond donors (Lipinski definition) is 3. The zero-order chi connectivity index (χ0) is 15.5. The molecule has 1 aromatic rings. The van der Waals surface area contributed by atoms with Crippen molar-refractivity contribution in [3.63, 3.8) is 0 Å². The lowest BCUT2D eigenvalue weighted by atomic mass is 9.75. The van der Waals surface area contributed by atoms with Gasteiger partial charge in [-0.25, -0.2) is 9.59 Å². The smallest absolute Gasteiger partial charge is 0.335 e. The quantitative estimate of drug-likeness (QED) is 0.797. The highest BCUT2D eigenvalue weighted by Gasteiger charge is 2.28. The van der Waals surface area contributed by atoms with Gasteiger partial charge in [0.2, 0.25) is 0 Å². The molecule has 1 saturated carbocycles. The van der Waals surface area contributed by atoms with E-state index in [1.807, 2.05) is 0 Å². The number of carbonyl (C=O) groups excluding carboxylic acids is 1. The number of benzene rings is 1. The van der Waals surface area contributed by atoms with Crippen LogP contribution in [0.4, 0.5) is 10.5 Å². The third-order valence-corrected chi connectivity index (χ3v) is 3.93. The fraction of sp³-hybridized carbons (Fsp3) is 0.500. The highest BCUT2D eigenvalue weighted by molar-refractivity contribution is 5.91. The second-order valence-electron chi connectivity index (χ2n) is 6.44. The van der Waals surface area contributed by atoms with Gasteiger partial charge in [-0.3, -0.25) is 0 Å². The summed E-state index contributed by atoms with van der Waals surface area (Å²) in [6.45, 7) is 4.45. The number of urea groups is 1. The van der Waals surface area contributed by atoms with E-state index in [1.165, 1.54) is 18.6 Å². The average Bonchev–Trinajstić information content (AvgIpc) is 2.37. The van der Waals surface area contributed by atoms with Crippen molar-refractivity contribution in [2.75, 3.05) is 5.32 Å². The van der Waals surface area contributed by atoms with Crippen molar-refractivity contribution < 1.29 is 14.7 Å². The Morgan fingerprint density at radius 3 is 2.48 bits per heavy atom. The molecule has 0 spiro atoms. The number of amides is 2. The Morgan fingerprint density at radius 2 is 1.90 bits per heavy atom. The SMILES string of the molecule is CC1(C)CCCC(NC(=O)Nc2ccc(C(=O)O)cc2)C1. The van der Waals surface area contributed by atoms with Gasteiger partial charge in [-0.15, -0.1) is 0 Å². The van der Waals surface area contributed by atoms with Crippen molar-refractivity contribution in [2.45, 2.75) is 45.6 Å². The molecule has 0 heterocycles. The van der Waals surface area contributed by atoms with E-state index in [2.05, 4.69) is 24.5 Å². The van der Waals surface area contributed by atoms with Crippen LogP contribution in [-0.4, -0.2) is 23.1 Å². The van der Waals surface area contributed by atoms with E-state index in [4.69, 9.17) is 5.11 Å². The number of anilines is 1. The number of rotatable bonds is 3. The molecule has 1 aliphatic carbocycles. The van der Waals surface area contributed by atoms with Crippen molar-refractivity contribution >= 4 is 17.7 Å². The average molecular weight is 290 g/mol. The monoisotopic (exact) mass is 290 g/mol. The molecule has 1 unspecified atom stereocenters. The summed E-state index contributed by atoms with van der Waals surface area (Å²) in [6.07, 6.45) is 4.32. The Labute approximate surface area is 124 Å². The maximum Gasteiger partial charge on any atom is 0.335 e. The number of hydrogen-bond acceptors (Lipinski definition) is 2. The van der Waals surface area contributed by atoms with Crippen LogP contribution in [0.3, 0.4) is 0 Å². The van der Waals surface area contributed by atoms with E-state index in [0.717, 1.165) is 19.3 Å². The van der Waals surface area contributed by atoms with Crippen molar-refractivity contribution in [1.29, 1.82) is 0 Å². The van der Waals surface area contributed by atoms with Gasteiger partial charge >= 0.3 is 12.0 Å². The highest BCUT2D eigenvalue weighted by atomic mass is 16.4. The summed E-state index contributed by atoms with van der Waals surface area (Å²) in [5.74, 6) is -0.976. The topological polar surface area (TPSA) is 78.4 Å². The lowest BCUT2D eigenvalue weighted by Crippen LogP contribution is -2.42. The molecular formula is C16H22N2O3. The Bertz CT molecular complexity index is 523. The molecule has 1 aromatic carbocycles. The first-order valence-electron chi connectivity index (χ1n) is 7.27. The van der Waals surface area contributed by atoms with Crippen molar-refractivity contribution in [1.82, 2.24) is 5.32 Å². The molecule has 0 aromatic heterocycles. The minimum Gasteiger partial charge on any atom is -0.478 e. The van der Waals surface area contributed by atoms with Crippen molar-refractivity contribution in [3.8, 4) is 0 Å². The molecule has 1 atom stereocenters. The zero-order valence-corrected chi connectivity index (χ0v) is 12.5. The maximum absolute atomic E-state index is 12.0. The van der Waals surface area contributed by atoms with Gasteiger partial charge in [0, 0.05) is 11.7 Å². The summed E-state index contributed by atoms with van der Waals surface area (Å²) in [5, 5.41) is 14.6. The Kier molecular flexibility index (Phi) is 4.50. The molecule has 2 rings (SSSR count). The van der Waals surface area contributed by atoms with Crippen LogP contribution < -0.4 is 10.6 Å². The lowest BCUT2D eigenvalue weighted by molar-refractivity contribution is 0.0697. The minimum atomic E-state index is -0.976. The number of nitrogens with one attached hydrogen (secondary N) is 2. The first-order chi connectivity index (χ1) is 9.85. The molecule has 114 valence electrons. The van der Waals surface area contributed by atoms with Crippen LogP contribution >= 0.6 is 0 Å². The number of aromatic carboxylic acids is 1. The van der Waals surface area contributed by atoms with Gasteiger partial charge in [0.05, 0.1) is 5.56 Å². The first-order valence-corrected chi connectivity index (χ1v) is 7.27. The van der Waals surface area contributed by atoms with E-state index >= 15 is 0 Å². The zero-order valence-electron chi connectivity index (χ0n) is 12.5. The minimum absolute atomic E-state index is 0.201. The molecule has 0 saturated heterocycles. The van der Waals surface area contributed by atoms with Gasteiger partial charge in [0.25, 0.3) is 0 Å². The van der Waals surface area contributed by atoms with Crippen LogP contribution in [0, 0.1) is 5.41 Å². The summed E-state index contributed by atoms with van der Waals surface area (Å²) in [5.41, 5.74) is 1.07. The summed E-state index contributed by atoms with van der Waals surface area (Å²) in [7, 11) is 0. The van der Waals surface area contributed by atoms with Crippen molar-refractivity contribution in [2.24, 2.45) is 5.41 Å². The second kappa shape index (κ2) is 6.16.